The summed E-state index contributed by atoms with van der Waals surface area (Å²) in [5.41, 5.74) is 5.53. The maximum absolute atomic E-state index is 13.3. The molecule has 0 bridgehead atoms. The molecule has 2 unspecified atom stereocenters. The Morgan fingerprint density at radius 2 is 1.90 bits per heavy atom. The number of unbranched alkanes of at least 4 members (excludes halogenated alkanes) is 1. The van der Waals surface area contributed by atoms with Gasteiger partial charge in [0.2, 0.25) is 5.91 Å². The summed E-state index contributed by atoms with van der Waals surface area (Å²) in [6, 6.07) is 16.4. The number of nitrogens with one attached hydrogen (secondary N) is 1. The summed E-state index contributed by atoms with van der Waals surface area (Å²) in [5, 5.41) is 2.10. The molecule has 1 amide bonds. The van der Waals surface area contributed by atoms with Crippen molar-refractivity contribution in [1.82, 2.24) is 10.4 Å². The van der Waals surface area contributed by atoms with Crippen molar-refractivity contribution in [2.75, 3.05) is 27.3 Å². The molecule has 1 N–H and O–H groups in total. The van der Waals surface area contributed by atoms with Crippen LogP contribution in [0.1, 0.15) is 62.0 Å². The van der Waals surface area contributed by atoms with E-state index < -0.39 is 0 Å². The van der Waals surface area contributed by atoms with E-state index in [2.05, 4.69) is 41.6 Å². The highest BCUT2D eigenvalue weighted by atomic mass is 16.5. The minimum atomic E-state index is -0.207. The highest BCUT2D eigenvalue weighted by molar-refractivity contribution is 5.83. The normalized spacial score (nSPS) is 17.9. The van der Waals surface area contributed by atoms with Gasteiger partial charge in [0.05, 0.1) is 20.1 Å². The second-order valence-corrected chi connectivity index (χ2v) is 7.98. The van der Waals surface area contributed by atoms with Crippen LogP contribution in [-0.4, -0.2) is 38.2 Å². The van der Waals surface area contributed by atoms with Crippen molar-refractivity contribution in [1.29, 1.82) is 0 Å². The van der Waals surface area contributed by atoms with Gasteiger partial charge in [0.25, 0.3) is 0 Å². The van der Waals surface area contributed by atoms with Crippen LogP contribution in [0.4, 0.5) is 0 Å². The molecule has 1 fully saturated rings. The van der Waals surface area contributed by atoms with Gasteiger partial charge < -0.3 is 9.47 Å². The molecule has 0 radical (unpaired) electrons. The number of piperidine rings is 1. The average molecular weight is 411 g/mol. The lowest BCUT2D eigenvalue weighted by molar-refractivity contribution is -0.128. The first kappa shape index (κ1) is 22.2. The van der Waals surface area contributed by atoms with Crippen molar-refractivity contribution in [2.24, 2.45) is 0 Å². The number of carbonyl (C=O) groups excluding carboxylic acids is 1. The van der Waals surface area contributed by atoms with Gasteiger partial charge in [0.1, 0.15) is 0 Å². The number of amides is 1. The van der Waals surface area contributed by atoms with E-state index in [1.807, 2.05) is 24.3 Å². The van der Waals surface area contributed by atoms with Crippen LogP contribution >= 0.6 is 0 Å². The third kappa shape index (κ3) is 5.54. The van der Waals surface area contributed by atoms with Crippen LogP contribution in [-0.2, 0) is 4.79 Å². The van der Waals surface area contributed by atoms with E-state index in [9.17, 15) is 4.79 Å². The maximum Gasteiger partial charge on any atom is 0.241 e. The van der Waals surface area contributed by atoms with Gasteiger partial charge in [-0.1, -0.05) is 56.2 Å². The van der Waals surface area contributed by atoms with Crippen molar-refractivity contribution in [3.63, 3.8) is 0 Å². The van der Waals surface area contributed by atoms with Crippen LogP contribution < -0.4 is 14.9 Å². The van der Waals surface area contributed by atoms with E-state index in [0.29, 0.717) is 17.4 Å². The number of nitrogens with zero attached hydrogens (tertiary/aromatic N) is 1. The largest absolute Gasteiger partial charge is 0.493 e. The molecule has 5 nitrogen and oxygen atoms in total. The van der Waals surface area contributed by atoms with Gasteiger partial charge in [-0.25, -0.2) is 5.01 Å². The van der Waals surface area contributed by atoms with Gasteiger partial charge in [-0.15, -0.1) is 0 Å². The first-order valence-electron chi connectivity index (χ1n) is 11.0. The second kappa shape index (κ2) is 11.0. The van der Waals surface area contributed by atoms with Crippen molar-refractivity contribution >= 4 is 5.91 Å². The topological polar surface area (TPSA) is 50.8 Å². The van der Waals surface area contributed by atoms with Crippen LogP contribution in [0.5, 0.6) is 11.5 Å². The SMILES string of the molecule is CCCCC(C(=O)NN1CCCC(c2ccccc2)C1)c1ccc(OC)c(OC)c1. The highest BCUT2D eigenvalue weighted by Crippen LogP contribution is 2.33. The minimum Gasteiger partial charge on any atom is -0.493 e. The van der Waals surface area contributed by atoms with Gasteiger partial charge in [0, 0.05) is 13.1 Å². The van der Waals surface area contributed by atoms with E-state index in [1.165, 1.54) is 5.56 Å². The number of methoxy groups -OCH3 is 2. The zero-order valence-corrected chi connectivity index (χ0v) is 18.4. The number of hydrazine groups is 1. The Kier molecular flexibility index (Phi) is 8.14. The summed E-state index contributed by atoms with van der Waals surface area (Å²) in [6.07, 6.45) is 5.10. The fraction of sp³-hybridized carbons (Fsp3) is 0.480. The van der Waals surface area contributed by atoms with Gasteiger partial charge in [-0.2, -0.15) is 0 Å². The van der Waals surface area contributed by atoms with Gasteiger partial charge in [0.15, 0.2) is 11.5 Å². The Morgan fingerprint density at radius 1 is 1.13 bits per heavy atom. The lowest BCUT2D eigenvalue weighted by Crippen LogP contribution is -2.48. The molecule has 30 heavy (non-hydrogen) atoms. The van der Waals surface area contributed by atoms with E-state index in [1.54, 1.807) is 14.2 Å². The predicted molar refractivity (Wildman–Crippen MR) is 120 cm³/mol. The van der Waals surface area contributed by atoms with Crippen molar-refractivity contribution in [3.8, 4) is 11.5 Å². The Hall–Kier alpha value is -2.53. The van der Waals surface area contributed by atoms with E-state index >= 15 is 0 Å². The minimum absolute atomic E-state index is 0.0596. The lowest BCUT2D eigenvalue weighted by Gasteiger charge is -2.34. The first-order chi connectivity index (χ1) is 14.7. The number of hydrogen-bond acceptors (Lipinski definition) is 4. The van der Waals surface area contributed by atoms with E-state index in [-0.39, 0.29) is 11.8 Å². The fourth-order valence-electron chi connectivity index (χ4n) is 4.24. The monoisotopic (exact) mass is 410 g/mol. The number of benzene rings is 2. The number of ether oxygens (including phenoxy) is 2. The Balaban J connectivity index is 1.72. The quantitative estimate of drug-likeness (QED) is 0.640. The lowest BCUT2D eigenvalue weighted by atomic mass is 9.91. The molecule has 2 aromatic rings. The Morgan fingerprint density at radius 3 is 2.60 bits per heavy atom. The molecule has 1 aliphatic heterocycles. The van der Waals surface area contributed by atoms with E-state index in [4.69, 9.17) is 9.47 Å². The molecular weight excluding hydrogens is 376 g/mol. The predicted octanol–water partition coefficient (Wildman–Crippen LogP) is 4.89. The number of carbonyl (C=O) groups is 1. The van der Waals surface area contributed by atoms with Crippen molar-refractivity contribution < 1.29 is 14.3 Å². The zero-order chi connectivity index (χ0) is 21.3. The molecule has 1 aliphatic rings. The van der Waals surface area contributed by atoms with Crippen LogP contribution in [0.15, 0.2) is 48.5 Å². The summed E-state index contributed by atoms with van der Waals surface area (Å²) in [5.74, 6) is 1.64. The van der Waals surface area contributed by atoms with Crippen LogP contribution in [0.25, 0.3) is 0 Å². The third-order valence-corrected chi connectivity index (χ3v) is 5.93. The molecule has 0 aliphatic carbocycles. The highest BCUT2D eigenvalue weighted by Gasteiger charge is 2.27. The molecule has 1 heterocycles. The van der Waals surface area contributed by atoms with Crippen molar-refractivity contribution in [2.45, 2.75) is 50.9 Å². The van der Waals surface area contributed by atoms with Crippen molar-refractivity contribution in [3.05, 3.63) is 59.7 Å². The zero-order valence-electron chi connectivity index (χ0n) is 18.4. The van der Waals surface area contributed by atoms with Gasteiger partial charge in [-0.05, 0) is 48.4 Å². The summed E-state index contributed by atoms with van der Waals surface area (Å²) < 4.78 is 10.8. The Labute approximate surface area is 180 Å². The second-order valence-electron chi connectivity index (χ2n) is 7.98. The number of rotatable bonds is 9. The standard InChI is InChI=1S/C25H34N2O3/c1-4-5-13-22(20-14-15-23(29-2)24(17-20)30-3)25(28)26-27-16-9-12-21(18-27)19-10-7-6-8-11-19/h6-8,10-11,14-15,17,21-22H,4-5,9,12-13,16,18H2,1-3H3,(H,26,28). The van der Waals surface area contributed by atoms with Gasteiger partial charge in [-0.3, -0.25) is 10.2 Å². The molecule has 0 spiro atoms. The maximum atomic E-state index is 13.3. The summed E-state index contributed by atoms with van der Waals surface area (Å²) in [4.78, 5) is 13.3. The smallest absolute Gasteiger partial charge is 0.241 e. The van der Waals surface area contributed by atoms with E-state index in [0.717, 1.165) is 50.8 Å². The fourth-order valence-corrected chi connectivity index (χ4v) is 4.24. The molecule has 5 heteroatoms. The molecule has 1 saturated heterocycles. The average Bonchev–Trinajstić information content (AvgIpc) is 2.80. The molecule has 0 saturated carbocycles. The summed E-state index contributed by atoms with van der Waals surface area (Å²) in [7, 11) is 3.25. The van der Waals surface area contributed by atoms with Crippen LogP contribution in [0.2, 0.25) is 0 Å². The first-order valence-corrected chi connectivity index (χ1v) is 11.0. The molecule has 162 valence electrons. The van der Waals surface area contributed by atoms with Crippen LogP contribution in [0.3, 0.4) is 0 Å². The molecular formula is C25H34N2O3. The van der Waals surface area contributed by atoms with Gasteiger partial charge >= 0.3 is 0 Å². The molecule has 2 atom stereocenters. The Bertz CT molecular complexity index is 809. The third-order valence-electron chi connectivity index (χ3n) is 5.93. The number of hydrogen-bond donors (Lipinski definition) is 1. The summed E-state index contributed by atoms with van der Waals surface area (Å²) in [6.45, 7) is 3.89. The summed E-state index contributed by atoms with van der Waals surface area (Å²) >= 11 is 0. The molecule has 0 aromatic heterocycles. The molecule has 3 rings (SSSR count). The van der Waals surface area contributed by atoms with Crippen LogP contribution in [0, 0.1) is 0 Å². The molecule has 2 aromatic carbocycles.